The molecule has 0 heterocycles. The van der Waals surface area contributed by atoms with E-state index in [0.717, 1.165) is 31.2 Å². The zero-order valence-corrected chi connectivity index (χ0v) is 31.7. The number of benzene rings is 4. The normalized spacial score (nSPS) is 14.9. The van der Waals surface area contributed by atoms with Crippen LogP contribution in [-0.4, -0.2) is 31.5 Å². The summed E-state index contributed by atoms with van der Waals surface area (Å²) in [7, 11) is -0.139. The average molecular weight is 791 g/mol. The number of ketones is 1. The largest absolute Gasteiger partial charge is 1.00 e. The minimum absolute atomic E-state index is 0. The van der Waals surface area contributed by atoms with Crippen molar-refractivity contribution < 1.29 is 47.8 Å². The lowest BCUT2D eigenvalue weighted by Gasteiger charge is -2.22. The molecule has 49 heavy (non-hydrogen) atoms. The van der Waals surface area contributed by atoms with Gasteiger partial charge in [0.25, 0.3) is 0 Å². The molecular weight excluding hydrogens is 742 g/mol. The quantitative estimate of drug-likeness (QED) is 0.114. The molecule has 2 fully saturated rings. The van der Waals surface area contributed by atoms with E-state index in [1.807, 2.05) is 30.3 Å². The van der Waals surface area contributed by atoms with Crippen molar-refractivity contribution in [3.05, 3.63) is 139 Å². The predicted octanol–water partition coefficient (Wildman–Crippen LogP) is 5.01. The maximum Gasteiger partial charge on any atom is 0.309 e. The first-order valence-electron chi connectivity index (χ1n) is 16.8. The molecular formula is C42H48IO5P. The smallest absolute Gasteiger partial charge is 0.309 e. The van der Waals surface area contributed by atoms with Gasteiger partial charge in [0.1, 0.15) is 35.6 Å². The highest BCUT2D eigenvalue weighted by Crippen LogP contribution is 2.51. The lowest BCUT2D eigenvalue weighted by molar-refractivity contribution is -0.151. The molecule has 2 saturated carbocycles. The Hall–Kier alpha value is -3.61. The van der Waals surface area contributed by atoms with Crippen LogP contribution in [0.15, 0.2) is 133 Å². The highest BCUT2D eigenvalue weighted by atomic mass is 127. The molecule has 0 bridgehead atoms. The van der Waals surface area contributed by atoms with E-state index in [4.69, 9.17) is 4.74 Å². The van der Waals surface area contributed by atoms with E-state index in [1.165, 1.54) is 28.6 Å². The number of allylic oxidation sites excluding steroid dienone is 1. The molecule has 0 amide bonds. The van der Waals surface area contributed by atoms with Crippen molar-refractivity contribution in [3.8, 4) is 0 Å². The second kappa shape index (κ2) is 20.8. The molecule has 0 aromatic heterocycles. The van der Waals surface area contributed by atoms with Crippen molar-refractivity contribution >= 4 is 40.9 Å². The van der Waals surface area contributed by atoms with E-state index in [9.17, 15) is 14.4 Å². The van der Waals surface area contributed by atoms with Crippen LogP contribution in [0.1, 0.15) is 56.9 Å². The molecule has 0 spiro atoms. The first-order chi connectivity index (χ1) is 23.3. The van der Waals surface area contributed by atoms with Crippen molar-refractivity contribution in [2.24, 2.45) is 11.8 Å². The van der Waals surface area contributed by atoms with Crippen LogP contribution in [0.25, 0.3) is 0 Å². The number of hydrogen-bond acceptors (Lipinski definition) is 5. The van der Waals surface area contributed by atoms with Crippen LogP contribution in [0.4, 0.5) is 0 Å². The molecule has 5 nitrogen and oxygen atoms in total. The van der Waals surface area contributed by atoms with E-state index in [0.29, 0.717) is 32.3 Å². The molecule has 4 aromatic rings. The summed E-state index contributed by atoms with van der Waals surface area (Å²) in [4.78, 5) is 33.5. The molecule has 0 radical (unpaired) electrons. The van der Waals surface area contributed by atoms with Gasteiger partial charge in [-0.25, -0.2) is 0 Å². The van der Waals surface area contributed by atoms with Crippen LogP contribution in [0, 0.1) is 11.8 Å². The van der Waals surface area contributed by atoms with E-state index >= 15 is 0 Å². The Morgan fingerprint density at radius 2 is 1.00 bits per heavy atom. The molecule has 2 aliphatic rings. The number of Topliss-reactive ketones (excluding diaryl/α,β-unsaturated/α-hetero) is 1. The van der Waals surface area contributed by atoms with Crippen molar-refractivity contribution in [2.75, 3.05) is 13.8 Å². The topological polar surface area (TPSA) is 69.7 Å². The zero-order chi connectivity index (χ0) is 34.2. The lowest BCUT2D eigenvalue weighted by Crippen LogP contribution is -3.00. The summed E-state index contributed by atoms with van der Waals surface area (Å²) in [6, 6.07) is 42.4. The van der Waals surface area contributed by atoms with E-state index in [1.54, 1.807) is 0 Å². The highest BCUT2D eigenvalue weighted by Gasteiger charge is 2.39. The average Bonchev–Trinajstić information content (AvgIpc) is 3.16. The Labute approximate surface area is 309 Å². The van der Waals surface area contributed by atoms with Crippen LogP contribution in [0.2, 0.25) is 0 Å². The molecule has 4 aromatic carbocycles. The fourth-order valence-corrected chi connectivity index (χ4v) is 9.28. The Kier molecular flexibility index (Phi) is 16.9. The Morgan fingerprint density at radius 1 is 0.633 bits per heavy atom. The number of carbonyl (C=O) groups is 3. The first-order valence-corrected chi connectivity index (χ1v) is 19.0. The van der Waals surface area contributed by atoms with Crippen molar-refractivity contribution in [3.63, 3.8) is 0 Å². The predicted molar refractivity (Wildman–Crippen MR) is 197 cm³/mol. The fraction of sp³-hybridized carbons (Fsp3) is 0.310. The second-order valence-corrected chi connectivity index (χ2v) is 16.0. The SMILES string of the molecule is C=C1CCC(C(=O)OCc2ccccc2)CC1.COC(=O)C1CCC(=O)CC1.C[P+](c1ccccc1)(c1ccccc1)c1ccccc1.[I-]. The third kappa shape index (κ3) is 12.0. The lowest BCUT2D eigenvalue weighted by atomic mass is 9.87. The summed E-state index contributed by atoms with van der Waals surface area (Å²) < 4.78 is 9.91. The van der Waals surface area contributed by atoms with Crippen molar-refractivity contribution in [1.29, 1.82) is 0 Å². The number of methoxy groups -OCH3 is 1. The van der Waals surface area contributed by atoms with Crippen LogP contribution < -0.4 is 39.9 Å². The van der Waals surface area contributed by atoms with Gasteiger partial charge in [0.2, 0.25) is 0 Å². The molecule has 2 aliphatic carbocycles. The van der Waals surface area contributed by atoms with Crippen LogP contribution in [-0.2, 0) is 30.5 Å². The minimum Gasteiger partial charge on any atom is -1.00 e. The fourth-order valence-electron chi connectivity index (χ4n) is 6.08. The number of rotatable bonds is 7. The van der Waals surface area contributed by atoms with E-state index in [-0.39, 0.29) is 53.5 Å². The Balaban J connectivity index is 0.000000205. The van der Waals surface area contributed by atoms with Gasteiger partial charge in [-0.1, -0.05) is 97.1 Å². The standard InChI is InChI=1S/C19H18P.C15H18O2.C8H12O3.HI/c1-20(17-11-5-2-6-12-17,18-13-7-3-8-14-18)19-15-9-4-10-16-19;1-12-7-9-14(10-8-12)15(16)17-11-13-5-3-2-4-6-13;1-11-8(10)6-2-4-7(9)5-3-6;/h2-16H,1H3;2-6,14H,1,7-11H2;6H,2-5H2,1H3;1H/q+1;;;/p-1. The third-order valence-corrected chi connectivity index (χ3v) is 13.1. The van der Waals surface area contributed by atoms with Crippen LogP contribution in [0.5, 0.6) is 0 Å². The minimum atomic E-state index is -1.53. The summed E-state index contributed by atoms with van der Waals surface area (Å²) in [5.74, 6) is 0.0888. The number of ether oxygens (including phenoxy) is 2. The number of esters is 2. The zero-order valence-electron chi connectivity index (χ0n) is 28.6. The van der Waals surface area contributed by atoms with Gasteiger partial charge < -0.3 is 33.5 Å². The van der Waals surface area contributed by atoms with Crippen LogP contribution >= 0.6 is 7.26 Å². The summed E-state index contributed by atoms with van der Waals surface area (Å²) in [6.07, 6.45) is 6.14. The maximum atomic E-state index is 11.8. The molecule has 0 N–H and O–H groups in total. The summed E-state index contributed by atoms with van der Waals surface area (Å²) in [6.45, 7) is 6.75. The highest BCUT2D eigenvalue weighted by molar-refractivity contribution is 7.95. The molecule has 258 valence electrons. The van der Waals surface area contributed by atoms with Crippen LogP contribution in [0.3, 0.4) is 0 Å². The number of carbonyl (C=O) groups excluding carboxylic acids is 3. The van der Waals surface area contributed by atoms with Gasteiger partial charge in [-0.15, -0.1) is 0 Å². The van der Waals surface area contributed by atoms with Gasteiger partial charge in [-0.05, 0) is 80.5 Å². The maximum absolute atomic E-state index is 11.8. The van der Waals surface area contributed by atoms with Gasteiger partial charge in [0.15, 0.2) is 0 Å². The first kappa shape index (κ1) is 39.8. The second-order valence-electron chi connectivity index (χ2n) is 12.5. The van der Waals surface area contributed by atoms with Crippen molar-refractivity contribution in [2.45, 2.75) is 58.0 Å². The van der Waals surface area contributed by atoms with Gasteiger partial charge in [0, 0.05) is 12.8 Å². The number of hydrogen-bond donors (Lipinski definition) is 0. The van der Waals surface area contributed by atoms with Crippen molar-refractivity contribution in [1.82, 2.24) is 0 Å². The molecule has 6 rings (SSSR count). The van der Waals surface area contributed by atoms with Gasteiger partial charge in [-0.3, -0.25) is 14.4 Å². The molecule has 7 heteroatoms. The van der Waals surface area contributed by atoms with E-state index < -0.39 is 7.26 Å². The van der Waals surface area contributed by atoms with E-state index in [2.05, 4.69) is 109 Å². The molecule has 0 aliphatic heterocycles. The summed E-state index contributed by atoms with van der Waals surface area (Å²) >= 11 is 0. The molecule has 0 unspecified atom stereocenters. The molecule has 0 saturated heterocycles. The Bertz CT molecular complexity index is 1480. The van der Waals surface area contributed by atoms with Gasteiger partial charge in [0.05, 0.1) is 25.6 Å². The Morgan fingerprint density at radius 3 is 1.41 bits per heavy atom. The number of halogens is 1. The van der Waals surface area contributed by atoms with Gasteiger partial charge in [-0.2, -0.15) is 0 Å². The van der Waals surface area contributed by atoms with Gasteiger partial charge >= 0.3 is 11.9 Å². The monoisotopic (exact) mass is 790 g/mol. The third-order valence-electron chi connectivity index (χ3n) is 9.15. The summed E-state index contributed by atoms with van der Waals surface area (Å²) in [5, 5.41) is 4.28. The molecule has 0 atom stereocenters. The summed E-state index contributed by atoms with van der Waals surface area (Å²) in [5.41, 5.74) is 2.30.